The lowest BCUT2D eigenvalue weighted by Crippen LogP contribution is -2.39. The third-order valence-electron chi connectivity index (χ3n) is 4.73. The molecule has 0 aromatic heterocycles. The van der Waals surface area contributed by atoms with Crippen LogP contribution in [0.2, 0.25) is 0 Å². The van der Waals surface area contributed by atoms with Gasteiger partial charge in [0.15, 0.2) is 0 Å². The van der Waals surface area contributed by atoms with Crippen molar-refractivity contribution in [3.05, 3.63) is 35.9 Å². The second kappa shape index (κ2) is 5.64. The molecule has 1 aliphatic heterocycles. The predicted molar refractivity (Wildman–Crippen MR) is 80.0 cm³/mol. The molecule has 1 saturated carbocycles. The molecule has 0 amide bonds. The molecule has 2 fully saturated rings. The number of hydrogen-bond acceptors (Lipinski definition) is 2. The quantitative estimate of drug-likeness (QED) is 0.893. The maximum Gasteiger partial charge on any atom is 0.0233 e. The van der Waals surface area contributed by atoms with Gasteiger partial charge in [0.2, 0.25) is 0 Å². The van der Waals surface area contributed by atoms with E-state index in [1.54, 1.807) is 0 Å². The van der Waals surface area contributed by atoms with Gasteiger partial charge in [-0.1, -0.05) is 44.2 Å². The Kier molecular flexibility index (Phi) is 3.90. The van der Waals surface area contributed by atoms with Gasteiger partial charge in [0.1, 0.15) is 0 Å². The van der Waals surface area contributed by atoms with Crippen molar-refractivity contribution in [3.8, 4) is 0 Å². The van der Waals surface area contributed by atoms with Gasteiger partial charge in [0.25, 0.3) is 0 Å². The number of benzene rings is 1. The van der Waals surface area contributed by atoms with Crippen LogP contribution in [0.4, 0.5) is 0 Å². The lowest BCUT2D eigenvalue weighted by Gasteiger charge is -2.23. The lowest BCUT2D eigenvalue weighted by molar-refractivity contribution is 0.285. The van der Waals surface area contributed by atoms with E-state index in [4.69, 9.17) is 0 Å². The number of likely N-dealkylation sites (tertiary alicyclic amines) is 1. The fraction of sp³-hybridized carbons (Fsp3) is 0.647. The average molecular weight is 258 g/mol. The minimum absolute atomic E-state index is 0.618. The first kappa shape index (κ1) is 13.1. The molecule has 2 heteroatoms. The molecular weight excluding hydrogens is 232 g/mol. The van der Waals surface area contributed by atoms with Gasteiger partial charge in [-0.25, -0.2) is 0 Å². The third kappa shape index (κ3) is 3.01. The first-order chi connectivity index (χ1) is 9.22. The highest BCUT2D eigenvalue weighted by atomic mass is 15.2. The molecule has 2 nitrogen and oxygen atoms in total. The molecule has 3 rings (SSSR count). The number of nitrogens with zero attached hydrogens (tertiary/aromatic N) is 1. The third-order valence-corrected chi connectivity index (χ3v) is 4.73. The minimum Gasteiger partial charge on any atom is -0.311 e. The molecule has 1 saturated heterocycles. The van der Waals surface area contributed by atoms with Crippen LogP contribution in [-0.2, 0) is 6.54 Å². The summed E-state index contributed by atoms with van der Waals surface area (Å²) >= 11 is 0. The SMILES string of the molecule is CC(C)N[C@H]1CC[C@@H]2CN(Cc3ccccc3)C[C@@H]21. The molecule has 19 heavy (non-hydrogen) atoms. The van der Waals surface area contributed by atoms with Gasteiger partial charge < -0.3 is 5.32 Å². The molecule has 0 unspecified atom stereocenters. The smallest absolute Gasteiger partial charge is 0.0233 e. The standard InChI is InChI=1S/C17H26N2/c1-13(2)18-17-9-8-15-11-19(12-16(15)17)10-14-6-4-3-5-7-14/h3-7,13,15-18H,8-12H2,1-2H3/t15-,16+,17+/m1/s1. The van der Waals surface area contributed by atoms with E-state index in [9.17, 15) is 0 Å². The Hall–Kier alpha value is -0.860. The Labute approximate surface area is 117 Å². The molecule has 2 aliphatic rings. The maximum absolute atomic E-state index is 3.77. The molecule has 104 valence electrons. The summed E-state index contributed by atoms with van der Waals surface area (Å²) in [6.45, 7) is 8.25. The highest BCUT2D eigenvalue weighted by molar-refractivity contribution is 5.15. The Balaban J connectivity index is 1.58. The van der Waals surface area contributed by atoms with Crippen LogP contribution in [0.1, 0.15) is 32.3 Å². The van der Waals surface area contributed by atoms with E-state index in [1.807, 2.05) is 0 Å². The monoisotopic (exact) mass is 258 g/mol. The van der Waals surface area contributed by atoms with Crippen LogP contribution in [-0.4, -0.2) is 30.1 Å². The van der Waals surface area contributed by atoms with Gasteiger partial charge in [0.05, 0.1) is 0 Å². The van der Waals surface area contributed by atoms with Crippen molar-refractivity contribution >= 4 is 0 Å². The van der Waals surface area contributed by atoms with Crippen LogP contribution in [0.5, 0.6) is 0 Å². The van der Waals surface area contributed by atoms with Crippen molar-refractivity contribution in [2.75, 3.05) is 13.1 Å². The van der Waals surface area contributed by atoms with E-state index < -0.39 is 0 Å². The van der Waals surface area contributed by atoms with E-state index in [1.165, 1.54) is 31.5 Å². The maximum atomic E-state index is 3.77. The van der Waals surface area contributed by atoms with Crippen LogP contribution in [0.3, 0.4) is 0 Å². The van der Waals surface area contributed by atoms with Gasteiger partial charge >= 0.3 is 0 Å². The summed E-state index contributed by atoms with van der Waals surface area (Å²) in [5.41, 5.74) is 1.45. The van der Waals surface area contributed by atoms with E-state index >= 15 is 0 Å². The summed E-state index contributed by atoms with van der Waals surface area (Å²) in [6, 6.07) is 12.3. The Morgan fingerprint density at radius 3 is 2.68 bits per heavy atom. The largest absolute Gasteiger partial charge is 0.311 e. The van der Waals surface area contributed by atoms with E-state index in [2.05, 4.69) is 54.4 Å². The van der Waals surface area contributed by atoms with Crippen molar-refractivity contribution in [2.45, 2.75) is 45.3 Å². The topological polar surface area (TPSA) is 15.3 Å². The summed E-state index contributed by atoms with van der Waals surface area (Å²) in [7, 11) is 0. The zero-order chi connectivity index (χ0) is 13.2. The van der Waals surface area contributed by atoms with E-state index in [-0.39, 0.29) is 0 Å². The zero-order valence-corrected chi connectivity index (χ0v) is 12.2. The van der Waals surface area contributed by atoms with Crippen molar-refractivity contribution in [1.29, 1.82) is 0 Å². The number of fused-ring (bicyclic) bond motifs is 1. The molecule has 1 aromatic rings. The fourth-order valence-corrected chi connectivity index (χ4v) is 3.96. The van der Waals surface area contributed by atoms with Crippen molar-refractivity contribution in [1.82, 2.24) is 10.2 Å². The summed E-state index contributed by atoms with van der Waals surface area (Å²) in [4.78, 5) is 2.65. The van der Waals surface area contributed by atoms with Gasteiger partial charge in [-0.15, -0.1) is 0 Å². The molecule has 1 aliphatic carbocycles. The molecule has 0 radical (unpaired) electrons. The summed E-state index contributed by atoms with van der Waals surface area (Å²) in [5, 5.41) is 3.77. The first-order valence-electron chi connectivity index (χ1n) is 7.74. The highest BCUT2D eigenvalue weighted by Gasteiger charge is 2.42. The Bertz CT molecular complexity index is 401. The number of nitrogens with one attached hydrogen (secondary N) is 1. The van der Waals surface area contributed by atoms with Crippen molar-refractivity contribution < 1.29 is 0 Å². The second-order valence-corrected chi connectivity index (χ2v) is 6.61. The fourth-order valence-electron chi connectivity index (χ4n) is 3.96. The first-order valence-corrected chi connectivity index (χ1v) is 7.74. The summed E-state index contributed by atoms with van der Waals surface area (Å²) in [5.74, 6) is 1.81. The Morgan fingerprint density at radius 1 is 1.16 bits per heavy atom. The molecule has 0 bridgehead atoms. The van der Waals surface area contributed by atoms with Crippen LogP contribution in [0, 0.1) is 11.8 Å². The Morgan fingerprint density at radius 2 is 1.95 bits per heavy atom. The molecule has 1 heterocycles. The predicted octanol–water partition coefficient (Wildman–Crippen LogP) is 2.90. The molecular formula is C17H26N2. The van der Waals surface area contributed by atoms with Crippen LogP contribution in [0.15, 0.2) is 30.3 Å². The molecule has 1 N–H and O–H groups in total. The summed E-state index contributed by atoms with van der Waals surface area (Å²) in [6.07, 6.45) is 2.80. The molecule has 1 aromatic carbocycles. The molecule has 0 spiro atoms. The number of hydrogen-bond donors (Lipinski definition) is 1. The van der Waals surface area contributed by atoms with Gasteiger partial charge in [-0.3, -0.25) is 4.90 Å². The van der Waals surface area contributed by atoms with Crippen LogP contribution < -0.4 is 5.32 Å². The highest BCUT2D eigenvalue weighted by Crippen LogP contribution is 2.38. The van der Waals surface area contributed by atoms with Gasteiger partial charge in [-0.05, 0) is 30.2 Å². The van der Waals surface area contributed by atoms with Crippen molar-refractivity contribution in [2.24, 2.45) is 11.8 Å². The van der Waals surface area contributed by atoms with Crippen LogP contribution in [0.25, 0.3) is 0 Å². The van der Waals surface area contributed by atoms with Gasteiger partial charge in [-0.2, -0.15) is 0 Å². The summed E-state index contributed by atoms with van der Waals surface area (Å²) < 4.78 is 0. The van der Waals surface area contributed by atoms with Gasteiger partial charge in [0, 0.05) is 31.7 Å². The molecule has 3 atom stereocenters. The average Bonchev–Trinajstić information content (AvgIpc) is 2.92. The second-order valence-electron chi connectivity index (χ2n) is 6.61. The van der Waals surface area contributed by atoms with E-state index in [0.29, 0.717) is 6.04 Å². The van der Waals surface area contributed by atoms with Crippen LogP contribution >= 0.6 is 0 Å². The van der Waals surface area contributed by atoms with Crippen molar-refractivity contribution in [3.63, 3.8) is 0 Å². The normalized spacial score (nSPS) is 31.0. The van der Waals surface area contributed by atoms with E-state index in [0.717, 1.165) is 24.4 Å². The zero-order valence-electron chi connectivity index (χ0n) is 12.2. The minimum atomic E-state index is 0.618. The lowest BCUT2D eigenvalue weighted by atomic mass is 9.97. The number of rotatable bonds is 4.